The third-order valence-corrected chi connectivity index (χ3v) is 3.49. The van der Waals surface area contributed by atoms with Crippen LogP contribution in [0.1, 0.15) is 47.2 Å². The number of piperidine rings is 1. The van der Waals surface area contributed by atoms with E-state index in [0.717, 1.165) is 31.5 Å². The highest BCUT2D eigenvalue weighted by molar-refractivity contribution is 5.92. The van der Waals surface area contributed by atoms with E-state index in [1.54, 1.807) is 19.2 Å². The summed E-state index contributed by atoms with van der Waals surface area (Å²) in [5.41, 5.74) is 1.36. The normalized spacial score (nSPS) is 19.6. The van der Waals surface area contributed by atoms with Crippen LogP contribution < -0.4 is 0 Å². The molecule has 1 unspecified atom stereocenters. The lowest BCUT2D eigenvalue weighted by atomic mass is 9.99. The number of H-pyrrole nitrogens is 1. The zero-order valence-electron chi connectivity index (χ0n) is 10.8. The fraction of sp³-hybridized carbons (Fsp3) is 0.462. The van der Waals surface area contributed by atoms with Gasteiger partial charge in [-0.25, -0.2) is 0 Å². The summed E-state index contributed by atoms with van der Waals surface area (Å²) in [6.45, 7) is 2.53. The number of nitrogens with zero attached hydrogens (tertiary/aromatic N) is 3. The van der Waals surface area contributed by atoms with E-state index in [1.807, 2.05) is 11.0 Å². The number of amides is 1. The molecule has 0 spiro atoms. The SMILES string of the molecule is Cc1cc(C(=O)N2CCCCC2c2ccn[nH]2)no1. The first-order valence-electron chi connectivity index (χ1n) is 6.49. The van der Waals surface area contributed by atoms with Crippen LogP contribution in [0.3, 0.4) is 0 Å². The van der Waals surface area contributed by atoms with Gasteiger partial charge in [0.25, 0.3) is 5.91 Å². The zero-order chi connectivity index (χ0) is 13.2. The van der Waals surface area contributed by atoms with Crippen molar-refractivity contribution in [3.05, 3.63) is 35.5 Å². The lowest BCUT2D eigenvalue weighted by Crippen LogP contribution is -2.38. The average molecular weight is 260 g/mol. The fourth-order valence-corrected chi connectivity index (χ4v) is 2.56. The first-order valence-corrected chi connectivity index (χ1v) is 6.49. The zero-order valence-corrected chi connectivity index (χ0v) is 10.8. The molecule has 0 saturated carbocycles. The van der Waals surface area contributed by atoms with Crippen molar-refractivity contribution in [3.8, 4) is 0 Å². The number of aryl methyl sites for hydroxylation is 1. The molecule has 1 fully saturated rings. The minimum atomic E-state index is -0.0730. The van der Waals surface area contributed by atoms with Crippen molar-refractivity contribution < 1.29 is 9.32 Å². The highest BCUT2D eigenvalue weighted by Crippen LogP contribution is 2.30. The average Bonchev–Trinajstić information content (AvgIpc) is 3.09. The minimum Gasteiger partial charge on any atom is -0.361 e. The van der Waals surface area contributed by atoms with E-state index in [4.69, 9.17) is 4.52 Å². The van der Waals surface area contributed by atoms with Crippen LogP contribution in [0, 0.1) is 6.92 Å². The predicted molar refractivity (Wildman–Crippen MR) is 67.5 cm³/mol. The molecule has 0 aromatic carbocycles. The van der Waals surface area contributed by atoms with Crippen molar-refractivity contribution in [2.45, 2.75) is 32.2 Å². The number of hydrogen-bond acceptors (Lipinski definition) is 4. The van der Waals surface area contributed by atoms with Crippen molar-refractivity contribution in [1.29, 1.82) is 0 Å². The van der Waals surface area contributed by atoms with Crippen molar-refractivity contribution in [3.63, 3.8) is 0 Å². The Labute approximate surface area is 110 Å². The van der Waals surface area contributed by atoms with Crippen LogP contribution >= 0.6 is 0 Å². The van der Waals surface area contributed by atoms with Gasteiger partial charge in [-0.3, -0.25) is 9.89 Å². The number of carbonyl (C=O) groups is 1. The lowest BCUT2D eigenvalue weighted by Gasteiger charge is -2.34. The predicted octanol–water partition coefficient (Wildman–Crippen LogP) is 2.07. The van der Waals surface area contributed by atoms with Gasteiger partial charge in [0.2, 0.25) is 0 Å². The van der Waals surface area contributed by atoms with Gasteiger partial charge in [-0.15, -0.1) is 0 Å². The largest absolute Gasteiger partial charge is 0.361 e. The molecule has 1 atom stereocenters. The van der Waals surface area contributed by atoms with Gasteiger partial charge in [0.1, 0.15) is 5.76 Å². The Morgan fingerprint density at radius 1 is 1.53 bits per heavy atom. The van der Waals surface area contributed by atoms with Crippen molar-refractivity contribution in [1.82, 2.24) is 20.3 Å². The molecular formula is C13H16N4O2. The first-order chi connectivity index (χ1) is 9.25. The van der Waals surface area contributed by atoms with E-state index in [2.05, 4.69) is 15.4 Å². The Morgan fingerprint density at radius 3 is 3.11 bits per heavy atom. The van der Waals surface area contributed by atoms with Gasteiger partial charge in [0, 0.05) is 18.8 Å². The Morgan fingerprint density at radius 2 is 2.42 bits per heavy atom. The summed E-state index contributed by atoms with van der Waals surface area (Å²) in [4.78, 5) is 14.3. The van der Waals surface area contributed by atoms with Crippen LogP contribution in [0.25, 0.3) is 0 Å². The molecule has 3 rings (SSSR count). The molecule has 1 N–H and O–H groups in total. The molecular weight excluding hydrogens is 244 g/mol. The van der Waals surface area contributed by atoms with Crippen LogP contribution in [0.5, 0.6) is 0 Å². The monoisotopic (exact) mass is 260 g/mol. The lowest BCUT2D eigenvalue weighted by molar-refractivity contribution is 0.0595. The molecule has 0 bridgehead atoms. The van der Waals surface area contributed by atoms with E-state index >= 15 is 0 Å². The van der Waals surface area contributed by atoms with Crippen LogP contribution in [-0.2, 0) is 0 Å². The third-order valence-electron chi connectivity index (χ3n) is 3.49. The molecule has 2 aromatic heterocycles. The summed E-state index contributed by atoms with van der Waals surface area (Å²) < 4.78 is 4.98. The molecule has 19 heavy (non-hydrogen) atoms. The van der Waals surface area contributed by atoms with Crippen LogP contribution in [0.15, 0.2) is 22.9 Å². The van der Waals surface area contributed by atoms with E-state index < -0.39 is 0 Å². The molecule has 1 amide bonds. The molecule has 100 valence electrons. The van der Waals surface area contributed by atoms with E-state index in [-0.39, 0.29) is 11.9 Å². The van der Waals surface area contributed by atoms with Crippen molar-refractivity contribution in [2.75, 3.05) is 6.54 Å². The smallest absolute Gasteiger partial charge is 0.276 e. The van der Waals surface area contributed by atoms with Gasteiger partial charge in [0.15, 0.2) is 5.69 Å². The van der Waals surface area contributed by atoms with Crippen LogP contribution in [-0.4, -0.2) is 32.7 Å². The number of aromatic amines is 1. The quantitative estimate of drug-likeness (QED) is 0.897. The molecule has 2 aromatic rings. The molecule has 1 saturated heterocycles. The maximum atomic E-state index is 12.5. The summed E-state index contributed by atoms with van der Waals surface area (Å²) in [5.74, 6) is 0.578. The van der Waals surface area contributed by atoms with Gasteiger partial charge in [-0.2, -0.15) is 5.10 Å². The van der Waals surface area contributed by atoms with Gasteiger partial charge in [-0.05, 0) is 32.3 Å². The molecule has 1 aliphatic rings. The number of nitrogens with one attached hydrogen (secondary N) is 1. The molecule has 6 nitrogen and oxygen atoms in total. The molecule has 0 aliphatic carbocycles. The number of aromatic nitrogens is 3. The van der Waals surface area contributed by atoms with Crippen LogP contribution in [0.2, 0.25) is 0 Å². The Balaban J connectivity index is 1.86. The molecule has 3 heterocycles. The fourth-order valence-electron chi connectivity index (χ4n) is 2.56. The van der Waals surface area contributed by atoms with E-state index in [1.165, 1.54) is 0 Å². The summed E-state index contributed by atoms with van der Waals surface area (Å²) in [7, 11) is 0. The number of rotatable bonds is 2. The highest BCUT2D eigenvalue weighted by Gasteiger charge is 2.30. The summed E-state index contributed by atoms with van der Waals surface area (Å²) in [5, 5.41) is 10.7. The number of carbonyl (C=O) groups excluding carboxylic acids is 1. The summed E-state index contributed by atoms with van der Waals surface area (Å²) in [6.07, 6.45) is 4.80. The second-order valence-corrected chi connectivity index (χ2v) is 4.84. The molecule has 6 heteroatoms. The van der Waals surface area contributed by atoms with Crippen LogP contribution in [0.4, 0.5) is 0 Å². The number of likely N-dealkylation sites (tertiary alicyclic amines) is 1. The summed E-state index contributed by atoms with van der Waals surface area (Å²) in [6, 6.07) is 3.66. The van der Waals surface area contributed by atoms with Crippen molar-refractivity contribution in [2.24, 2.45) is 0 Å². The topological polar surface area (TPSA) is 75.0 Å². The van der Waals surface area contributed by atoms with E-state index in [0.29, 0.717) is 11.5 Å². The second-order valence-electron chi connectivity index (χ2n) is 4.84. The van der Waals surface area contributed by atoms with Crippen molar-refractivity contribution >= 4 is 5.91 Å². The van der Waals surface area contributed by atoms with Gasteiger partial charge >= 0.3 is 0 Å². The first kappa shape index (κ1) is 12.0. The highest BCUT2D eigenvalue weighted by atomic mass is 16.5. The third kappa shape index (κ3) is 2.25. The van der Waals surface area contributed by atoms with Gasteiger partial charge in [0.05, 0.1) is 11.7 Å². The van der Waals surface area contributed by atoms with E-state index in [9.17, 15) is 4.79 Å². The molecule has 1 aliphatic heterocycles. The Bertz CT molecular complexity index is 561. The standard InChI is InChI=1S/C13H16N4O2/c1-9-8-11(16-19-9)13(18)17-7-3-2-4-12(17)10-5-6-14-15-10/h5-6,8,12H,2-4,7H2,1H3,(H,14,15). The number of hydrogen-bond donors (Lipinski definition) is 1. The van der Waals surface area contributed by atoms with Gasteiger partial charge in [-0.1, -0.05) is 5.16 Å². The Hall–Kier alpha value is -2.11. The summed E-state index contributed by atoms with van der Waals surface area (Å²) >= 11 is 0. The van der Waals surface area contributed by atoms with Gasteiger partial charge < -0.3 is 9.42 Å². The minimum absolute atomic E-state index is 0.0563. The Kier molecular flexibility index (Phi) is 3.06. The maximum Gasteiger partial charge on any atom is 0.276 e. The maximum absolute atomic E-state index is 12.5. The molecule has 0 radical (unpaired) electrons. The second kappa shape index (κ2) is 4.87.